The molecule has 1 aliphatic heterocycles. The van der Waals surface area contributed by atoms with E-state index in [1.165, 1.54) is 0 Å². The first-order valence-electron chi connectivity index (χ1n) is 10.7. The maximum atomic E-state index is 12.7. The van der Waals surface area contributed by atoms with Gasteiger partial charge in [0, 0.05) is 69.3 Å². The average molecular weight is 411 g/mol. The molecule has 1 amide bonds. The number of hydrogen-bond acceptors (Lipinski definition) is 6. The van der Waals surface area contributed by atoms with Crippen molar-refractivity contribution in [3.8, 4) is 0 Å². The van der Waals surface area contributed by atoms with E-state index in [1.54, 1.807) is 0 Å². The molecule has 7 heteroatoms. The van der Waals surface area contributed by atoms with Gasteiger partial charge in [-0.2, -0.15) is 0 Å². The Labute approximate surface area is 180 Å². The van der Waals surface area contributed by atoms with Gasteiger partial charge >= 0.3 is 0 Å². The van der Waals surface area contributed by atoms with Crippen LogP contribution in [0.25, 0.3) is 0 Å². The third-order valence-corrected chi connectivity index (χ3v) is 5.59. The molecule has 0 aliphatic carbocycles. The number of amides is 1. The first kappa shape index (κ1) is 22.0. The van der Waals surface area contributed by atoms with Gasteiger partial charge in [0.05, 0.1) is 6.04 Å². The summed E-state index contributed by atoms with van der Waals surface area (Å²) in [5.74, 6) is 2.21. The van der Waals surface area contributed by atoms with Crippen molar-refractivity contribution in [3.05, 3.63) is 41.9 Å². The molecule has 1 aliphatic rings. The summed E-state index contributed by atoms with van der Waals surface area (Å²) in [6.45, 7) is 11.6. The predicted octanol–water partition coefficient (Wildman–Crippen LogP) is 3.12. The Balaban J connectivity index is 1.57. The number of rotatable bonds is 6. The normalized spacial score (nSPS) is 15.9. The van der Waals surface area contributed by atoms with Crippen molar-refractivity contribution in [3.63, 3.8) is 0 Å². The fourth-order valence-electron chi connectivity index (χ4n) is 3.59. The lowest BCUT2D eigenvalue weighted by Crippen LogP contribution is -2.53. The van der Waals surface area contributed by atoms with E-state index in [0.717, 1.165) is 54.9 Å². The Morgan fingerprint density at radius 3 is 2.23 bits per heavy atom. The molecular formula is C23H34N6O. The van der Waals surface area contributed by atoms with Gasteiger partial charge in [-0.1, -0.05) is 13.8 Å². The molecule has 7 nitrogen and oxygen atoms in total. The van der Waals surface area contributed by atoms with E-state index in [2.05, 4.69) is 40.0 Å². The van der Waals surface area contributed by atoms with E-state index in [1.807, 2.05) is 57.1 Å². The quantitative estimate of drug-likeness (QED) is 0.789. The van der Waals surface area contributed by atoms with Crippen LogP contribution in [0.2, 0.25) is 0 Å². The van der Waals surface area contributed by atoms with Crippen molar-refractivity contribution < 1.29 is 4.79 Å². The van der Waals surface area contributed by atoms with E-state index in [-0.39, 0.29) is 11.9 Å². The largest absolute Gasteiger partial charge is 0.378 e. The Morgan fingerprint density at radius 1 is 1.03 bits per heavy atom. The number of benzene rings is 1. The fourth-order valence-corrected chi connectivity index (χ4v) is 3.59. The number of anilines is 3. The van der Waals surface area contributed by atoms with Crippen LogP contribution >= 0.6 is 0 Å². The summed E-state index contributed by atoms with van der Waals surface area (Å²) in [6.07, 6.45) is 0. The van der Waals surface area contributed by atoms with Crippen LogP contribution in [0.15, 0.2) is 30.3 Å². The molecule has 1 fully saturated rings. The van der Waals surface area contributed by atoms with Gasteiger partial charge in [-0.3, -0.25) is 9.69 Å². The molecular weight excluding hydrogens is 376 g/mol. The lowest BCUT2D eigenvalue weighted by atomic mass is 10.2. The van der Waals surface area contributed by atoms with Gasteiger partial charge in [0.1, 0.15) is 11.6 Å². The molecule has 0 bridgehead atoms. The maximum Gasteiger partial charge on any atom is 0.241 e. The van der Waals surface area contributed by atoms with Gasteiger partial charge in [-0.05, 0) is 38.1 Å². The molecule has 3 rings (SSSR count). The number of hydrogen-bond donors (Lipinski definition) is 1. The third-order valence-electron chi connectivity index (χ3n) is 5.59. The van der Waals surface area contributed by atoms with Crippen LogP contribution in [0.4, 0.5) is 17.2 Å². The molecule has 1 saturated heterocycles. The van der Waals surface area contributed by atoms with Crippen LogP contribution in [0.1, 0.15) is 38.2 Å². The molecule has 1 unspecified atom stereocenters. The van der Waals surface area contributed by atoms with Crippen LogP contribution in [-0.4, -0.2) is 67.1 Å². The van der Waals surface area contributed by atoms with Crippen molar-refractivity contribution in [1.29, 1.82) is 0 Å². The zero-order valence-electron chi connectivity index (χ0n) is 19.0. The van der Waals surface area contributed by atoms with Crippen molar-refractivity contribution in [2.24, 2.45) is 0 Å². The Bertz CT molecular complexity index is 856. The zero-order valence-corrected chi connectivity index (χ0v) is 19.0. The molecule has 0 radical (unpaired) electrons. The molecule has 1 N–H and O–H groups in total. The predicted molar refractivity (Wildman–Crippen MR) is 124 cm³/mol. The first-order chi connectivity index (χ1) is 14.2. The molecule has 2 heterocycles. The molecule has 30 heavy (non-hydrogen) atoms. The van der Waals surface area contributed by atoms with E-state index in [0.29, 0.717) is 5.92 Å². The first-order valence-corrected chi connectivity index (χ1v) is 10.7. The SMILES string of the molecule is Cc1cc(N2CCN(C(C)C(=O)Nc3ccc(N(C)C)cc3)CC2)nc(C(C)C)n1. The monoisotopic (exact) mass is 410 g/mol. The highest BCUT2D eigenvalue weighted by Gasteiger charge is 2.26. The Morgan fingerprint density at radius 2 is 1.67 bits per heavy atom. The maximum absolute atomic E-state index is 12.7. The minimum atomic E-state index is -0.181. The van der Waals surface area contributed by atoms with E-state index < -0.39 is 0 Å². The summed E-state index contributed by atoms with van der Waals surface area (Å²) in [7, 11) is 4.00. The van der Waals surface area contributed by atoms with Gasteiger partial charge < -0.3 is 15.1 Å². The van der Waals surface area contributed by atoms with Crippen molar-refractivity contribution in [2.45, 2.75) is 39.7 Å². The Kier molecular flexibility index (Phi) is 6.92. The van der Waals surface area contributed by atoms with Gasteiger partial charge in [0.15, 0.2) is 0 Å². The summed E-state index contributed by atoms with van der Waals surface area (Å²) in [6, 6.07) is 9.78. The second kappa shape index (κ2) is 9.43. The van der Waals surface area contributed by atoms with Crippen molar-refractivity contribution in [1.82, 2.24) is 14.9 Å². The smallest absolute Gasteiger partial charge is 0.241 e. The third kappa shape index (κ3) is 5.27. The van der Waals surface area contributed by atoms with Crippen LogP contribution in [-0.2, 0) is 4.79 Å². The molecule has 0 saturated carbocycles. The Hall–Kier alpha value is -2.67. The molecule has 2 aromatic rings. The van der Waals surface area contributed by atoms with Crippen LogP contribution in [0.3, 0.4) is 0 Å². The summed E-state index contributed by atoms with van der Waals surface area (Å²) < 4.78 is 0. The number of piperazine rings is 1. The summed E-state index contributed by atoms with van der Waals surface area (Å²) in [5.41, 5.74) is 2.94. The molecule has 0 spiro atoms. The van der Waals surface area contributed by atoms with Gasteiger partial charge in [-0.15, -0.1) is 0 Å². The second-order valence-corrected chi connectivity index (χ2v) is 8.51. The lowest BCUT2D eigenvalue weighted by molar-refractivity contribution is -0.120. The average Bonchev–Trinajstić information content (AvgIpc) is 2.73. The van der Waals surface area contributed by atoms with Gasteiger partial charge in [0.2, 0.25) is 5.91 Å². The lowest BCUT2D eigenvalue weighted by Gasteiger charge is -2.38. The van der Waals surface area contributed by atoms with Crippen LogP contribution in [0.5, 0.6) is 0 Å². The highest BCUT2D eigenvalue weighted by Crippen LogP contribution is 2.20. The molecule has 1 aromatic carbocycles. The number of aryl methyl sites for hydroxylation is 1. The van der Waals surface area contributed by atoms with E-state index in [9.17, 15) is 4.79 Å². The minimum absolute atomic E-state index is 0.0287. The van der Waals surface area contributed by atoms with Crippen molar-refractivity contribution in [2.75, 3.05) is 55.4 Å². The summed E-state index contributed by atoms with van der Waals surface area (Å²) >= 11 is 0. The summed E-state index contributed by atoms with van der Waals surface area (Å²) in [4.78, 5) is 28.6. The topological polar surface area (TPSA) is 64.6 Å². The molecule has 162 valence electrons. The van der Waals surface area contributed by atoms with Crippen molar-refractivity contribution >= 4 is 23.1 Å². The second-order valence-electron chi connectivity index (χ2n) is 8.51. The van der Waals surface area contributed by atoms with E-state index >= 15 is 0 Å². The van der Waals surface area contributed by atoms with Gasteiger partial charge in [0.25, 0.3) is 0 Å². The highest BCUT2D eigenvalue weighted by molar-refractivity contribution is 5.94. The number of carbonyl (C=O) groups is 1. The minimum Gasteiger partial charge on any atom is -0.378 e. The number of carbonyl (C=O) groups excluding carboxylic acids is 1. The van der Waals surface area contributed by atoms with E-state index in [4.69, 9.17) is 4.98 Å². The highest BCUT2D eigenvalue weighted by atomic mass is 16.2. The zero-order chi connectivity index (χ0) is 21.8. The number of aromatic nitrogens is 2. The molecule has 1 atom stereocenters. The van der Waals surface area contributed by atoms with Crippen LogP contribution in [0, 0.1) is 6.92 Å². The summed E-state index contributed by atoms with van der Waals surface area (Å²) in [5, 5.41) is 3.04. The molecule has 1 aromatic heterocycles. The van der Waals surface area contributed by atoms with Crippen LogP contribution < -0.4 is 15.1 Å². The number of nitrogens with one attached hydrogen (secondary N) is 1. The number of nitrogens with zero attached hydrogens (tertiary/aromatic N) is 5. The standard InChI is InChI=1S/C23H34N6O/c1-16(2)22-24-17(3)15-21(26-22)29-13-11-28(12-14-29)18(4)23(30)25-19-7-9-20(10-8-19)27(5)6/h7-10,15-16,18H,11-14H2,1-6H3,(H,25,30). The fraction of sp³-hybridized carbons (Fsp3) is 0.522. The van der Waals surface area contributed by atoms with Gasteiger partial charge in [-0.25, -0.2) is 9.97 Å².